The van der Waals surface area contributed by atoms with E-state index in [1.807, 2.05) is 31.2 Å². The molecule has 2 heteroatoms. The maximum Gasteiger partial charge on any atom is 0.318 e. The summed E-state index contributed by atoms with van der Waals surface area (Å²) in [4.78, 5) is 11.0. The summed E-state index contributed by atoms with van der Waals surface area (Å²) in [6, 6.07) is 7.52. The second-order valence-electron chi connectivity index (χ2n) is 2.68. The van der Waals surface area contributed by atoms with Gasteiger partial charge in [0.2, 0.25) is 0 Å². The zero-order chi connectivity index (χ0) is 7.84. The Morgan fingerprint density at radius 2 is 2.09 bits per heavy atom. The van der Waals surface area contributed by atoms with Gasteiger partial charge in [-0.05, 0) is 13.0 Å². The third-order valence-electron chi connectivity index (χ3n) is 1.95. The lowest BCUT2D eigenvalue weighted by Crippen LogP contribution is -2.05. The van der Waals surface area contributed by atoms with Crippen LogP contribution >= 0.6 is 0 Å². The molecule has 0 saturated heterocycles. The van der Waals surface area contributed by atoms with Gasteiger partial charge in [0.15, 0.2) is 0 Å². The standard InChI is InChI=1S/C9H8O2/c1-6-7-4-2-3-5-8(7)11-9(6)10/h2-6H,1H3/t6-/m1/s1. The molecular weight excluding hydrogens is 140 g/mol. The number of benzene rings is 1. The second-order valence-corrected chi connectivity index (χ2v) is 2.68. The van der Waals surface area contributed by atoms with E-state index in [2.05, 4.69) is 0 Å². The van der Waals surface area contributed by atoms with Crippen LogP contribution in [0.2, 0.25) is 0 Å². The van der Waals surface area contributed by atoms with Gasteiger partial charge < -0.3 is 4.74 Å². The molecule has 0 saturated carbocycles. The number of fused-ring (bicyclic) bond motifs is 1. The molecule has 1 aromatic carbocycles. The fourth-order valence-corrected chi connectivity index (χ4v) is 1.25. The third kappa shape index (κ3) is 0.827. The van der Waals surface area contributed by atoms with Crippen LogP contribution in [0, 0.1) is 0 Å². The first-order chi connectivity index (χ1) is 5.29. The van der Waals surface area contributed by atoms with Crippen molar-refractivity contribution in [3.63, 3.8) is 0 Å². The molecule has 0 bridgehead atoms. The summed E-state index contributed by atoms with van der Waals surface area (Å²) in [6.07, 6.45) is 0. The maximum atomic E-state index is 11.0. The Morgan fingerprint density at radius 1 is 1.36 bits per heavy atom. The predicted molar refractivity (Wildman–Crippen MR) is 40.5 cm³/mol. The van der Waals surface area contributed by atoms with E-state index in [0.717, 1.165) is 5.56 Å². The highest BCUT2D eigenvalue weighted by atomic mass is 16.5. The summed E-state index contributed by atoms with van der Waals surface area (Å²) < 4.78 is 4.98. The summed E-state index contributed by atoms with van der Waals surface area (Å²) in [7, 11) is 0. The number of rotatable bonds is 0. The fourth-order valence-electron chi connectivity index (χ4n) is 1.25. The predicted octanol–water partition coefficient (Wildman–Crippen LogP) is 1.71. The highest BCUT2D eigenvalue weighted by Crippen LogP contribution is 2.33. The van der Waals surface area contributed by atoms with Gasteiger partial charge in [-0.15, -0.1) is 0 Å². The number of hydrogen-bond donors (Lipinski definition) is 0. The van der Waals surface area contributed by atoms with Crippen molar-refractivity contribution in [2.24, 2.45) is 0 Å². The molecule has 1 atom stereocenters. The van der Waals surface area contributed by atoms with E-state index in [4.69, 9.17) is 4.74 Å². The molecule has 0 amide bonds. The summed E-state index contributed by atoms with van der Waals surface area (Å²) in [5.41, 5.74) is 0.998. The van der Waals surface area contributed by atoms with Gasteiger partial charge in [0, 0.05) is 5.56 Å². The lowest BCUT2D eigenvalue weighted by molar-refractivity contribution is -0.133. The largest absolute Gasteiger partial charge is 0.426 e. The zero-order valence-electron chi connectivity index (χ0n) is 6.20. The Morgan fingerprint density at radius 3 is 2.82 bits per heavy atom. The SMILES string of the molecule is C[C@H]1C(=O)Oc2ccccc21. The van der Waals surface area contributed by atoms with Crippen molar-refractivity contribution in [1.29, 1.82) is 0 Å². The second kappa shape index (κ2) is 2.09. The van der Waals surface area contributed by atoms with Crippen LogP contribution in [0.3, 0.4) is 0 Å². The van der Waals surface area contributed by atoms with Gasteiger partial charge in [-0.3, -0.25) is 4.79 Å². The molecule has 2 nitrogen and oxygen atoms in total. The van der Waals surface area contributed by atoms with Gasteiger partial charge in [-0.2, -0.15) is 0 Å². The van der Waals surface area contributed by atoms with E-state index in [-0.39, 0.29) is 11.9 Å². The Balaban J connectivity index is 2.55. The minimum absolute atomic E-state index is 0.0915. The normalized spacial score (nSPS) is 21.2. The molecule has 56 valence electrons. The first kappa shape index (κ1) is 6.40. The molecule has 0 unspecified atom stereocenters. The molecule has 0 N–H and O–H groups in total. The monoisotopic (exact) mass is 148 g/mol. The van der Waals surface area contributed by atoms with Crippen molar-refractivity contribution in [3.05, 3.63) is 29.8 Å². The van der Waals surface area contributed by atoms with Crippen LogP contribution < -0.4 is 4.74 Å². The van der Waals surface area contributed by atoms with Gasteiger partial charge >= 0.3 is 5.97 Å². The molecule has 0 aliphatic carbocycles. The molecule has 1 aromatic rings. The first-order valence-electron chi connectivity index (χ1n) is 3.59. The van der Waals surface area contributed by atoms with Crippen LogP contribution in [0.1, 0.15) is 18.4 Å². The average Bonchev–Trinajstić information content (AvgIpc) is 2.30. The van der Waals surface area contributed by atoms with Crippen molar-refractivity contribution in [2.75, 3.05) is 0 Å². The van der Waals surface area contributed by atoms with E-state index in [9.17, 15) is 4.79 Å². The van der Waals surface area contributed by atoms with Gasteiger partial charge in [-0.1, -0.05) is 18.2 Å². The van der Waals surface area contributed by atoms with Gasteiger partial charge in [0.1, 0.15) is 5.75 Å². The van der Waals surface area contributed by atoms with Crippen molar-refractivity contribution in [3.8, 4) is 5.75 Å². The topological polar surface area (TPSA) is 26.3 Å². The minimum Gasteiger partial charge on any atom is -0.426 e. The summed E-state index contributed by atoms with van der Waals surface area (Å²) in [6.45, 7) is 1.86. The Bertz CT molecular complexity index is 304. The number of carbonyl (C=O) groups is 1. The van der Waals surface area contributed by atoms with Gasteiger partial charge in [0.05, 0.1) is 5.92 Å². The van der Waals surface area contributed by atoms with E-state index < -0.39 is 0 Å². The van der Waals surface area contributed by atoms with Crippen LogP contribution in [-0.2, 0) is 4.79 Å². The Hall–Kier alpha value is -1.31. The highest BCUT2D eigenvalue weighted by Gasteiger charge is 2.28. The number of ether oxygens (including phenoxy) is 1. The van der Waals surface area contributed by atoms with Crippen molar-refractivity contribution >= 4 is 5.97 Å². The summed E-state index contributed by atoms with van der Waals surface area (Å²) in [5.74, 6) is 0.474. The summed E-state index contributed by atoms with van der Waals surface area (Å²) in [5, 5.41) is 0. The molecule has 2 rings (SSSR count). The van der Waals surface area contributed by atoms with E-state index in [0.29, 0.717) is 5.75 Å². The fraction of sp³-hybridized carbons (Fsp3) is 0.222. The molecule has 0 aromatic heterocycles. The number of hydrogen-bond acceptors (Lipinski definition) is 2. The minimum atomic E-state index is -0.147. The van der Waals surface area contributed by atoms with Crippen molar-refractivity contribution < 1.29 is 9.53 Å². The van der Waals surface area contributed by atoms with Gasteiger partial charge in [0.25, 0.3) is 0 Å². The van der Waals surface area contributed by atoms with E-state index in [1.54, 1.807) is 0 Å². The quantitative estimate of drug-likeness (QED) is 0.413. The molecule has 0 fully saturated rings. The van der Waals surface area contributed by atoms with Crippen molar-refractivity contribution in [2.45, 2.75) is 12.8 Å². The number of carbonyl (C=O) groups excluding carboxylic acids is 1. The lowest BCUT2D eigenvalue weighted by atomic mass is 10.0. The average molecular weight is 148 g/mol. The summed E-state index contributed by atoms with van der Waals surface area (Å²) >= 11 is 0. The molecular formula is C9H8O2. The van der Waals surface area contributed by atoms with Crippen LogP contribution in [0.25, 0.3) is 0 Å². The van der Waals surface area contributed by atoms with Crippen molar-refractivity contribution in [1.82, 2.24) is 0 Å². The molecule has 1 aliphatic heterocycles. The van der Waals surface area contributed by atoms with Crippen LogP contribution in [0.5, 0.6) is 5.75 Å². The molecule has 0 radical (unpaired) electrons. The Labute approximate surface area is 64.8 Å². The smallest absolute Gasteiger partial charge is 0.318 e. The molecule has 1 aliphatic rings. The van der Waals surface area contributed by atoms with Crippen LogP contribution in [0.15, 0.2) is 24.3 Å². The number of para-hydroxylation sites is 1. The van der Waals surface area contributed by atoms with E-state index >= 15 is 0 Å². The van der Waals surface area contributed by atoms with Crippen LogP contribution in [-0.4, -0.2) is 5.97 Å². The maximum absolute atomic E-state index is 11.0. The molecule has 11 heavy (non-hydrogen) atoms. The van der Waals surface area contributed by atoms with E-state index in [1.165, 1.54) is 0 Å². The highest BCUT2D eigenvalue weighted by molar-refractivity contribution is 5.85. The lowest BCUT2D eigenvalue weighted by Gasteiger charge is -1.94. The third-order valence-corrected chi connectivity index (χ3v) is 1.95. The number of esters is 1. The van der Waals surface area contributed by atoms with Gasteiger partial charge in [-0.25, -0.2) is 0 Å². The molecule has 1 heterocycles. The first-order valence-corrected chi connectivity index (χ1v) is 3.59. The Kier molecular flexibility index (Phi) is 1.22. The van der Waals surface area contributed by atoms with Crippen LogP contribution in [0.4, 0.5) is 0 Å². The zero-order valence-corrected chi connectivity index (χ0v) is 6.20. The molecule has 0 spiro atoms.